The molecule has 2 heterocycles. The van der Waals surface area contributed by atoms with Crippen molar-refractivity contribution in [3.63, 3.8) is 0 Å². The number of hydrogen-bond acceptors (Lipinski definition) is 3. The SMILES string of the molecule is Cc1cccc(OCCN(C)C(=O)c2cnn(C)c2-n2cccc2)c1. The lowest BCUT2D eigenvalue weighted by molar-refractivity contribution is 0.0773. The van der Waals surface area contributed by atoms with Gasteiger partial charge < -0.3 is 14.2 Å². The predicted octanol–water partition coefficient (Wildman–Crippen LogP) is 2.67. The molecule has 0 saturated heterocycles. The molecular weight excluding hydrogens is 316 g/mol. The van der Waals surface area contributed by atoms with Crippen LogP contribution in [0, 0.1) is 6.92 Å². The molecule has 3 aromatic rings. The Kier molecular flexibility index (Phi) is 4.88. The van der Waals surface area contributed by atoms with Gasteiger partial charge in [-0.1, -0.05) is 12.1 Å². The van der Waals surface area contributed by atoms with E-state index < -0.39 is 0 Å². The Morgan fingerprint density at radius 3 is 2.72 bits per heavy atom. The van der Waals surface area contributed by atoms with E-state index in [1.54, 1.807) is 22.8 Å². The minimum Gasteiger partial charge on any atom is -0.492 e. The van der Waals surface area contributed by atoms with Crippen LogP contribution in [0.4, 0.5) is 0 Å². The lowest BCUT2D eigenvalue weighted by atomic mass is 10.2. The molecule has 1 amide bonds. The van der Waals surface area contributed by atoms with Crippen LogP contribution in [0.2, 0.25) is 0 Å². The summed E-state index contributed by atoms with van der Waals surface area (Å²) in [6.07, 6.45) is 5.40. The number of rotatable bonds is 6. The zero-order chi connectivity index (χ0) is 17.8. The highest BCUT2D eigenvalue weighted by atomic mass is 16.5. The lowest BCUT2D eigenvalue weighted by Crippen LogP contribution is -2.31. The number of nitrogens with zero attached hydrogens (tertiary/aromatic N) is 4. The lowest BCUT2D eigenvalue weighted by Gasteiger charge is -2.18. The van der Waals surface area contributed by atoms with Crippen LogP contribution in [-0.4, -0.2) is 45.4 Å². The number of aryl methyl sites for hydroxylation is 2. The average molecular weight is 338 g/mol. The third kappa shape index (κ3) is 3.74. The summed E-state index contributed by atoms with van der Waals surface area (Å²) >= 11 is 0. The van der Waals surface area contributed by atoms with Gasteiger partial charge in [-0.15, -0.1) is 0 Å². The molecule has 3 rings (SSSR count). The molecule has 2 aromatic heterocycles. The molecular formula is C19H22N4O2. The van der Waals surface area contributed by atoms with Gasteiger partial charge in [-0.3, -0.25) is 9.48 Å². The van der Waals surface area contributed by atoms with Crippen LogP contribution in [0.5, 0.6) is 5.75 Å². The molecule has 0 spiro atoms. The van der Waals surface area contributed by atoms with Gasteiger partial charge in [-0.25, -0.2) is 0 Å². The summed E-state index contributed by atoms with van der Waals surface area (Å²) in [4.78, 5) is 14.4. The first kappa shape index (κ1) is 16.8. The largest absolute Gasteiger partial charge is 0.492 e. The molecule has 0 radical (unpaired) electrons. The summed E-state index contributed by atoms with van der Waals surface area (Å²) in [6.45, 7) is 2.95. The summed E-state index contributed by atoms with van der Waals surface area (Å²) in [5.41, 5.74) is 1.71. The van der Waals surface area contributed by atoms with E-state index >= 15 is 0 Å². The highest BCUT2D eigenvalue weighted by Gasteiger charge is 2.20. The van der Waals surface area contributed by atoms with Gasteiger partial charge in [0.05, 0.1) is 12.7 Å². The highest BCUT2D eigenvalue weighted by Crippen LogP contribution is 2.16. The maximum Gasteiger partial charge on any atom is 0.259 e. The number of carbonyl (C=O) groups excluding carboxylic acids is 1. The summed E-state index contributed by atoms with van der Waals surface area (Å²) in [6, 6.07) is 11.7. The molecule has 0 saturated carbocycles. The van der Waals surface area contributed by atoms with Gasteiger partial charge in [0, 0.05) is 26.5 Å². The van der Waals surface area contributed by atoms with Crippen LogP contribution in [-0.2, 0) is 7.05 Å². The fourth-order valence-electron chi connectivity index (χ4n) is 2.68. The third-order valence-electron chi connectivity index (χ3n) is 4.02. The predicted molar refractivity (Wildman–Crippen MR) is 96.2 cm³/mol. The molecule has 0 N–H and O–H groups in total. The van der Waals surface area contributed by atoms with E-state index in [1.165, 1.54) is 0 Å². The van der Waals surface area contributed by atoms with Gasteiger partial charge in [0.15, 0.2) is 0 Å². The van der Waals surface area contributed by atoms with E-state index in [0.29, 0.717) is 18.7 Å². The number of benzene rings is 1. The first-order valence-corrected chi connectivity index (χ1v) is 8.16. The van der Waals surface area contributed by atoms with Crippen molar-refractivity contribution in [1.82, 2.24) is 19.2 Å². The van der Waals surface area contributed by atoms with E-state index in [9.17, 15) is 4.79 Å². The van der Waals surface area contributed by atoms with Crippen molar-refractivity contribution in [2.45, 2.75) is 6.92 Å². The Labute approximate surface area is 147 Å². The molecule has 0 aliphatic rings. The van der Waals surface area contributed by atoms with E-state index in [1.807, 2.05) is 67.3 Å². The topological polar surface area (TPSA) is 52.3 Å². The molecule has 0 atom stereocenters. The number of amides is 1. The summed E-state index contributed by atoms with van der Waals surface area (Å²) in [5.74, 6) is 1.49. The summed E-state index contributed by atoms with van der Waals surface area (Å²) < 4.78 is 9.32. The number of likely N-dealkylation sites (N-methyl/N-ethyl adjacent to an activating group) is 1. The molecule has 0 fully saturated rings. The quantitative estimate of drug-likeness (QED) is 0.694. The van der Waals surface area contributed by atoms with Gasteiger partial charge in [0.25, 0.3) is 5.91 Å². The second kappa shape index (κ2) is 7.25. The fourth-order valence-corrected chi connectivity index (χ4v) is 2.68. The summed E-state index contributed by atoms with van der Waals surface area (Å²) in [5, 5.41) is 4.23. The number of aromatic nitrogens is 3. The molecule has 6 heteroatoms. The molecule has 0 unspecified atom stereocenters. The highest BCUT2D eigenvalue weighted by molar-refractivity contribution is 5.96. The van der Waals surface area contributed by atoms with Gasteiger partial charge >= 0.3 is 0 Å². The van der Waals surface area contributed by atoms with Gasteiger partial charge in [0.2, 0.25) is 0 Å². The zero-order valence-corrected chi connectivity index (χ0v) is 14.7. The van der Waals surface area contributed by atoms with Gasteiger partial charge in [0.1, 0.15) is 23.7 Å². The monoisotopic (exact) mass is 338 g/mol. The maximum absolute atomic E-state index is 12.8. The third-order valence-corrected chi connectivity index (χ3v) is 4.02. The van der Waals surface area contributed by atoms with E-state index in [-0.39, 0.29) is 5.91 Å². The van der Waals surface area contributed by atoms with E-state index in [2.05, 4.69) is 5.10 Å². The second-order valence-electron chi connectivity index (χ2n) is 5.99. The minimum atomic E-state index is -0.0790. The first-order chi connectivity index (χ1) is 12.1. The average Bonchev–Trinajstić information content (AvgIpc) is 3.23. The maximum atomic E-state index is 12.8. The zero-order valence-electron chi connectivity index (χ0n) is 14.7. The van der Waals surface area contributed by atoms with Crippen LogP contribution in [0.15, 0.2) is 55.0 Å². The summed E-state index contributed by atoms with van der Waals surface area (Å²) in [7, 11) is 3.60. The van der Waals surface area contributed by atoms with Crippen molar-refractivity contribution in [3.8, 4) is 11.6 Å². The molecule has 0 bridgehead atoms. The van der Waals surface area contributed by atoms with Crippen molar-refractivity contribution >= 4 is 5.91 Å². The van der Waals surface area contributed by atoms with Crippen LogP contribution in [0.1, 0.15) is 15.9 Å². The molecule has 0 aliphatic carbocycles. The van der Waals surface area contributed by atoms with Crippen molar-refractivity contribution in [2.24, 2.45) is 7.05 Å². The van der Waals surface area contributed by atoms with Crippen LogP contribution in [0.3, 0.4) is 0 Å². The molecule has 0 aliphatic heterocycles. The Morgan fingerprint density at radius 2 is 2.00 bits per heavy atom. The Morgan fingerprint density at radius 1 is 1.24 bits per heavy atom. The Bertz CT molecular complexity index is 852. The molecule has 1 aromatic carbocycles. The van der Waals surface area contributed by atoms with Crippen LogP contribution >= 0.6 is 0 Å². The normalized spacial score (nSPS) is 10.7. The number of hydrogen-bond donors (Lipinski definition) is 0. The standard InChI is InChI=1S/C19H22N4O2/c1-15-7-6-8-16(13-15)25-12-11-21(2)19(24)17-14-20-22(3)18(17)23-9-4-5-10-23/h4-10,13-14H,11-12H2,1-3H3. The Balaban J connectivity index is 1.65. The van der Waals surface area contributed by atoms with Crippen molar-refractivity contribution in [3.05, 3.63) is 66.1 Å². The van der Waals surface area contributed by atoms with E-state index in [4.69, 9.17) is 4.74 Å². The molecule has 25 heavy (non-hydrogen) atoms. The van der Waals surface area contributed by atoms with Gasteiger partial charge in [-0.2, -0.15) is 5.10 Å². The minimum absolute atomic E-state index is 0.0790. The second-order valence-corrected chi connectivity index (χ2v) is 5.99. The smallest absolute Gasteiger partial charge is 0.259 e. The van der Waals surface area contributed by atoms with Crippen molar-refractivity contribution < 1.29 is 9.53 Å². The van der Waals surface area contributed by atoms with Gasteiger partial charge in [-0.05, 0) is 36.8 Å². The van der Waals surface area contributed by atoms with Crippen molar-refractivity contribution in [2.75, 3.05) is 20.2 Å². The van der Waals surface area contributed by atoms with Crippen LogP contribution < -0.4 is 4.74 Å². The van der Waals surface area contributed by atoms with Crippen LogP contribution in [0.25, 0.3) is 5.82 Å². The number of ether oxygens (including phenoxy) is 1. The van der Waals surface area contributed by atoms with Crippen molar-refractivity contribution in [1.29, 1.82) is 0 Å². The Hall–Kier alpha value is -3.02. The first-order valence-electron chi connectivity index (χ1n) is 8.16. The van der Waals surface area contributed by atoms with E-state index in [0.717, 1.165) is 17.1 Å². The molecule has 130 valence electrons. The fraction of sp³-hybridized carbons (Fsp3) is 0.263. The number of carbonyl (C=O) groups is 1. The molecule has 6 nitrogen and oxygen atoms in total.